The van der Waals surface area contributed by atoms with Crippen LogP contribution in [0.3, 0.4) is 0 Å². The Labute approximate surface area is 69.4 Å². The largest absolute Gasteiger partial charge is 0.393 e. The van der Waals surface area contributed by atoms with Crippen molar-refractivity contribution in [1.82, 2.24) is 0 Å². The van der Waals surface area contributed by atoms with Gasteiger partial charge in [0.1, 0.15) is 0 Å². The maximum Gasteiger partial charge on any atom is 0.0577 e. The summed E-state index contributed by atoms with van der Waals surface area (Å²) in [5.41, 5.74) is 0. The highest BCUT2D eigenvalue weighted by Gasteiger charge is 2.03. The zero-order valence-electron chi connectivity index (χ0n) is 7.46. The number of allylic oxidation sites excluding steroid dienone is 2. The Kier molecular flexibility index (Phi) is 5.86. The van der Waals surface area contributed by atoms with Gasteiger partial charge in [0.15, 0.2) is 0 Å². The Balaban J connectivity index is 3.43. The molecule has 0 saturated heterocycles. The monoisotopic (exact) mass is 154 g/mol. The molecule has 0 saturated carbocycles. The van der Waals surface area contributed by atoms with Gasteiger partial charge < -0.3 is 5.11 Å². The summed E-state index contributed by atoms with van der Waals surface area (Å²) in [5, 5.41) is 9.36. The van der Waals surface area contributed by atoms with E-state index in [1.54, 1.807) is 6.08 Å². The van der Waals surface area contributed by atoms with Gasteiger partial charge in [0.05, 0.1) is 6.10 Å². The van der Waals surface area contributed by atoms with Crippen LogP contribution in [0.5, 0.6) is 0 Å². The Bertz CT molecular complexity index is 125. The van der Waals surface area contributed by atoms with Crippen LogP contribution in [0.15, 0.2) is 24.8 Å². The highest BCUT2D eigenvalue weighted by atomic mass is 16.3. The molecule has 0 aromatic carbocycles. The Morgan fingerprint density at radius 2 is 2.09 bits per heavy atom. The third kappa shape index (κ3) is 7.34. The number of aliphatic hydroxyl groups is 1. The SMILES string of the molecule is C=C/C=C/C[C@@H](O)CC(C)C. The van der Waals surface area contributed by atoms with Crippen molar-refractivity contribution < 1.29 is 5.11 Å². The van der Waals surface area contributed by atoms with Gasteiger partial charge in [0, 0.05) is 0 Å². The maximum absolute atomic E-state index is 9.36. The van der Waals surface area contributed by atoms with Crippen molar-refractivity contribution in [3.8, 4) is 0 Å². The second-order valence-corrected chi connectivity index (χ2v) is 3.18. The minimum atomic E-state index is -0.189. The summed E-state index contributed by atoms with van der Waals surface area (Å²) in [4.78, 5) is 0. The number of hydrogen-bond donors (Lipinski definition) is 1. The van der Waals surface area contributed by atoms with Gasteiger partial charge in [-0.05, 0) is 18.8 Å². The molecule has 0 bridgehead atoms. The lowest BCUT2D eigenvalue weighted by atomic mass is 10.0. The van der Waals surface area contributed by atoms with Crippen molar-refractivity contribution >= 4 is 0 Å². The van der Waals surface area contributed by atoms with Gasteiger partial charge in [0.25, 0.3) is 0 Å². The van der Waals surface area contributed by atoms with E-state index in [9.17, 15) is 5.11 Å². The van der Waals surface area contributed by atoms with E-state index in [-0.39, 0.29) is 6.10 Å². The van der Waals surface area contributed by atoms with Crippen LogP contribution in [0, 0.1) is 5.92 Å². The molecule has 0 aliphatic carbocycles. The van der Waals surface area contributed by atoms with Crippen molar-refractivity contribution in [2.24, 2.45) is 5.92 Å². The molecular formula is C10H18O. The van der Waals surface area contributed by atoms with Crippen LogP contribution >= 0.6 is 0 Å². The number of aliphatic hydroxyl groups excluding tert-OH is 1. The summed E-state index contributed by atoms with van der Waals surface area (Å²) < 4.78 is 0. The van der Waals surface area contributed by atoms with Gasteiger partial charge in [-0.15, -0.1) is 0 Å². The third-order valence-electron chi connectivity index (χ3n) is 1.42. The zero-order valence-corrected chi connectivity index (χ0v) is 7.46. The molecule has 0 amide bonds. The molecule has 0 aliphatic rings. The second kappa shape index (κ2) is 6.17. The predicted molar refractivity (Wildman–Crippen MR) is 49.4 cm³/mol. The summed E-state index contributed by atoms with van der Waals surface area (Å²) in [7, 11) is 0. The average Bonchev–Trinajstić information content (AvgIpc) is 1.86. The molecule has 1 nitrogen and oxygen atoms in total. The summed E-state index contributed by atoms with van der Waals surface area (Å²) >= 11 is 0. The van der Waals surface area contributed by atoms with Crippen molar-refractivity contribution in [3.05, 3.63) is 24.8 Å². The highest BCUT2D eigenvalue weighted by Crippen LogP contribution is 2.07. The van der Waals surface area contributed by atoms with Crippen LogP contribution in [0.1, 0.15) is 26.7 Å². The summed E-state index contributed by atoms with van der Waals surface area (Å²) in [5.74, 6) is 0.571. The first kappa shape index (κ1) is 10.4. The zero-order chi connectivity index (χ0) is 8.69. The number of rotatable bonds is 5. The van der Waals surface area contributed by atoms with Crippen molar-refractivity contribution in [2.75, 3.05) is 0 Å². The van der Waals surface area contributed by atoms with E-state index in [2.05, 4.69) is 20.4 Å². The molecule has 0 radical (unpaired) electrons. The predicted octanol–water partition coefficient (Wildman–Crippen LogP) is 2.53. The van der Waals surface area contributed by atoms with E-state index in [4.69, 9.17) is 0 Å². The highest BCUT2D eigenvalue weighted by molar-refractivity contribution is 4.97. The van der Waals surface area contributed by atoms with Crippen LogP contribution in [0.25, 0.3) is 0 Å². The van der Waals surface area contributed by atoms with Crippen LogP contribution < -0.4 is 0 Å². The normalized spacial score (nSPS) is 14.2. The van der Waals surface area contributed by atoms with Crippen LogP contribution in [-0.2, 0) is 0 Å². The molecule has 0 fully saturated rings. The lowest BCUT2D eigenvalue weighted by molar-refractivity contribution is 0.152. The maximum atomic E-state index is 9.36. The van der Waals surface area contributed by atoms with E-state index in [0.29, 0.717) is 5.92 Å². The molecular weight excluding hydrogens is 136 g/mol. The summed E-state index contributed by atoms with van der Waals surface area (Å²) in [6.07, 6.45) is 6.96. The van der Waals surface area contributed by atoms with Crippen LogP contribution in [0.4, 0.5) is 0 Å². The molecule has 0 unspecified atom stereocenters. The molecule has 0 aliphatic heterocycles. The third-order valence-corrected chi connectivity index (χ3v) is 1.42. The fourth-order valence-corrected chi connectivity index (χ4v) is 0.972. The fourth-order valence-electron chi connectivity index (χ4n) is 0.972. The first-order chi connectivity index (χ1) is 5.16. The van der Waals surface area contributed by atoms with Crippen molar-refractivity contribution in [3.63, 3.8) is 0 Å². The van der Waals surface area contributed by atoms with Gasteiger partial charge in [-0.2, -0.15) is 0 Å². The van der Waals surface area contributed by atoms with E-state index in [0.717, 1.165) is 12.8 Å². The molecule has 1 N–H and O–H groups in total. The first-order valence-corrected chi connectivity index (χ1v) is 4.12. The quantitative estimate of drug-likeness (QED) is 0.603. The van der Waals surface area contributed by atoms with Crippen LogP contribution in [-0.4, -0.2) is 11.2 Å². The first-order valence-electron chi connectivity index (χ1n) is 4.12. The minimum Gasteiger partial charge on any atom is -0.393 e. The second-order valence-electron chi connectivity index (χ2n) is 3.18. The Morgan fingerprint density at radius 1 is 1.45 bits per heavy atom. The molecule has 0 spiro atoms. The van der Waals surface area contributed by atoms with Gasteiger partial charge in [-0.25, -0.2) is 0 Å². The van der Waals surface area contributed by atoms with Crippen molar-refractivity contribution in [2.45, 2.75) is 32.8 Å². The molecule has 0 rings (SSSR count). The molecule has 0 aromatic rings. The molecule has 1 atom stereocenters. The molecule has 64 valence electrons. The Hall–Kier alpha value is -0.560. The lowest BCUT2D eigenvalue weighted by Gasteiger charge is -2.09. The molecule has 11 heavy (non-hydrogen) atoms. The average molecular weight is 154 g/mol. The van der Waals surface area contributed by atoms with Crippen LogP contribution in [0.2, 0.25) is 0 Å². The van der Waals surface area contributed by atoms with Gasteiger partial charge in [0.2, 0.25) is 0 Å². The topological polar surface area (TPSA) is 20.2 Å². The van der Waals surface area contributed by atoms with E-state index in [1.807, 2.05) is 12.2 Å². The molecule has 0 heterocycles. The standard InChI is InChI=1S/C10H18O/c1-4-5-6-7-10(11)8-9(2)3/h4-6,9-11H,1,7-8H2,2-3H3/b6-5+/t10-/m1/s1. The van der Waals surface area contributed by atoms with Gasteiger partial charge >= 0.3 is 0 Å². The molecule has 1 heteroatoms. The van der Waals surface area contributed by atoms with E-state index >= 15 is 0 Å². The van der Waals surface area contributed by atoms with Crippen molar-refractivity contribution in [1.29, 1.82) is 0 Å². The summed E-state index contributed by atoms with van der Waals surface area (Å²) in [6.45, 7) is 7.77. The molecule has 0 aromatic heterocycles. The fraction of sp³-hybridized carbons (Fsp3) is 0.600. The van der Waals surface area contributed by atoms with E-state index < -0.39 is 0 Å². The summed E-state index contributed by atoms with van der Waals surface area (Å²) in [6, 6.07) is 0. The smallest absolute Gasteiger partial charge is 0.0577 e. The lowest BCUT2D eigenvalue weighted by Crippen LogP contribution is -2.08. The minimum absolute atomic E-state index is 0.189. The number of hydrogen-bond acceptors (Lipinski definition) is 1. The Morgan fingerprint density at radius 3 is 2.55 bits per heavy atom. The van der Waals surface area contributed by atoms with Gasteiger partial charge in [-0.3, -0.25) is 0 Å². The van der Waals surface area contributed by atoms with E-state index in [1.165, 1.54) is 0 Å². The van der Waals surface area contributed by atoms with Gasteiger partial charge in [-0.1, -0.05) is 38.7 Å².